The molecule has 6 heteroatoms. The van der Waals surface area contributed by atoms with E-state index in [0.29, 0.717) is 0 Å². The Balaban J connectivity index is 0.000000132. The van der Waals surface area contributed by atoms with Crippen LogP contribution in [0.5, 0.6) is 0 Å². The van der Waals surface area contributed by atoms with E-state index < -0.39 is 0 Å². The Bertz CT molecular complexity index is 7870. The molecule has 0 aliphatic carbocycles. The zero-order chi connectivity index (χ0) is 72.1. The van der Waals surface area contributed by atoms with E-state index in [0.717, 1.165) is 11.4 Å². The Morgan fingerprint density at radius 3 is 0.891 bits per heavy atom. The zero-order valence-electron chi connectivity index (χ0n) is 59.6. The van der Waals surface area contributed by atoms with E-state index in [1.807, 2.05) is 22.7 Å². The van der Waals surface area contributed by atoms with Gasteiger partial charge in [-0.3, -0.25) is 0 Å². The summed E-state index contributed by atoms with van der Waals surface area (Å²) in [6.07, 6.45) is 0. The van der Waals surface area contributed by atoms with Crippen molar-refractivity contribution in [2.45, 2.75) is 0 Å². The topological polar surface area (TPSA) is 19.7 Å². The first-order valence-electron chi connectivity index (χ1n) is 37.7. The summed E-state index contributed by atoms with van der Waals surface area (Å²) < 4.78 is 15.0. The first kappa shape index (κ1) is 62.3. The molecule has 0 saturated heterocycles. The van der Waals surface area contributed by atoms with Crippen molar-refractivity contribution in [3.8, 4) is 67.3 Å². The van der Waals surface area contributed by atoms with Gasteiger partial charge in [0.05, 0.1) is 44.1 Å². The van der Waals surface area contributed by atoms with E-state index in [-0.39, 0.29) is 0 Å². The molecule has 4 nitrogen and oxygen atoms in total. The summed E-state index contributed by atoms with van der Waals surface area (Å²) in [7, 11) is 0. The number of aromatic nitrogens is 4. The average Bonchev–Trinajstić information content (AvgIpc) is 1.58. The molecule has 18 aromatic carbocycles. The second-order valence-electron chi connectivity index (χ2n) is 29.1. The fourth-order valence-corrected chi connectivity index (χ4v) is 20.0. The van der Waals surface area contributed by atoms with Crippen LogP contribution >= 0.6 is 22.7 Å². The highest BCUT2D eigenvalue weighted by Gasteiger charge is 2.22. The second-order valence-corrected chi connectivity index (χ2v) is 31.3. The highest BCUT2D eigenvalue weighted by molar-refractivity contribution is 7.26. The van der Waals surface area contributed by atoms with Crippen molar-refractivity contribution in [1.29, 1.82) is 0 Å². The Morgan fingerprint density at radius 1 is 0.136 bits per heavy atom. The lowest BCUT2D eigenvalue weighted by Crippen LogP contribution is -1.94. The molecule has 0 atom stereocenters. The number of thiophene rings is 2. The van der Waals surface area contributed by atoms with Crippen molar-refractivity contribution in [1.82, 2.24) is 18.3 Å². The molecular formula is C104H64N4S2. The minimum Gasteiger partial charge on any atom is -0.309 e. The summed E-state index contributed by atoms with van der Waals surface area (Å²) in [5, 5.41) is 20.4. The number of para-hydroxylation sites is 2. The molecule has 0 fully saturated rings. The molecule has 0 unspecified atom stereocenters. The van der Waals surface area contributed by atoms with Crippen LogP contribution in [0.15, 0.2) is 388 Å². The van der Waals surface area contributed by atoms with E-state index >= 15 is 0 Å². The van der Waals surface area contributed by atoms with Gasteiger partial charge < -0.3 is 18.3 Å². The van der Waals surface area contributed by atoms with Crippen LogP contribution in [0.4, 0.5) is 0 Å². The molecule has 0 aliphatic rings. The van der Waals surface area contributed by atoms with Gasteiger partial charge in [-0.25, -0.2) is 0 Å². The molecule has 6 heterocycles. The second kappa shape index (κ2) is 24.9. The monoisotopic (exact) mass is 1430 g/mol. The smallest absolute Gasteiger partial charge is 0.0555 e. The minimum atomic E-state index is 1.16. The third-order valence-corrected chi connectivity index (χ3v) is 25.3. The van der Waals surface area contributed by atoms with E-state index in [1.165, 1.54) is 205 Å². The van der Waals surface area contributed by atoms with E-state index in [9.17, 15) is 0 Å². The van der Waals surface area contributed by atoms with Crippen LogP contribution in [0.1, 0.15) is 0 Å². The lowest BCUT2D eigenvalue weighted by Gasteiger charge is -2.11. The van der Waals surface area contributed by atoms with Crippen molar-refractivity contribution in [3.63, 3.8) is 0 Å². The number of hydrogen-bond acceptors (Lipinski definition) is 2. The Hall–Kier alpha value is -13.9. The van der Waals surface area contributed by atoms with Gasteiger partial charge >= 0.3 is 0 Å². The third kappa shape index (κ3) is 9.97. The van der Waals surface area contributed by atoms with Crippen molar-refractivity contribution >= 4 is 172 Å². The van der Waals surface area contributed by atoms with Gasteiger partial charge in [0.2, 0.25) is 0 Å². The Labute approximate surface area is 640 Å². The number of nitrogens with zero attached hydrogens (tertiary/aromatic N) is 4. The molecule has 0 amide bonds. The van der Waals surface area contributed by atoms with Crippen LogP contribution in [-0.2, 0) is 0 Å². The maximum Gasteiger partial charge on any atom is 0.0555 e. The van der Waals surface area contributed by atoms with Gasteiger partial charge in [-0.2, -0.15) is 0 Å². The number of rotatable bonds is 8. The predicted molar refractivity (Wildman–Crippen MR) is 473 cm³/mol. The first-order chi connectivity index (χ1) is 54.5. The maximum absolute atomic E-state index is 2.45. The summed E-state index contributed by atoms with van der Waals surface area (Å²) in [6, 6.07) is 143. The van der Waals surface area contributed by atoms with Gasteiger partial charge in [0.1, 0.15) is 0 Å². The van der Waals surface area contributed by atoms with Crippen LogP contribution in [0.2, 0.25) is 0 Å². The molecule has 0 saturated carbocycles. The van der Waals surface area contributed by atoms with Crippen molar-refractivity contribution < 1.29 is 0 Å². The minimum absolute atomic E-state index is 1.16. The number of hydrogen-bond donors (Lipinski definition) is 0. The molecule has 24 aromatic rings. The standard InChI is InChI=1S/2C52H32N2S/c1-2-10-33(11-3-1)35-18-23-39(24-19-35)53-49-27-22-38(30-44(49)45-32-52-46(31-50(45)53)42-15-7-9-17-51(42)55-52)37-21-26-48-43(29-37)41-14-6-8-16-47(41)54(48)40-25-20-34-12-4-5-13-36(34)28-40;1-2-10-33(11-3-1)35-18-23-39(24-19-35)53-49-27-22-38(30-44(49)45-31-46-42-15-7-9-17-51(42)55-52(46)32-50(45)53)37-21-26-48-43(29-37)41-14-6-8-16-47(41)54(48)40-25-20-34-12-4-5-13-36(34)28-40/h2*1-32H. The molecular weight excluding hydrogens is 1370 g/mol. The Morgan fingerprint density at radius 2 is 0.436 bits per heavy atom. The number of fused-ring (bicyclic) bond motifs is 20. The molecule has 0 N–H and O–H groups in total. The van der Waals surface area contributed by atoms with E-state index in [1.54, 1.807) is 0 Å². The Kier molecular flexibility index (Phi) is 14.1. The van der Waals surface area contributed by atoms with E-state index in [4.69, 9.17) is 0 Å². The summed E-state index contributed by atoms with van der Waals surface area (Å²) >= 11 is 3.76. The highest BCUT2D eigenvalue weighted by atomic mass is 32.1. The number of benzene rings is 18. The summed E-state index contributed by atoms with van der Waals surface area (Å²) in [5.74, 6) is 0. The summed E-state index contributed by atoms with van der Waals surface area (Å²) in [4.78, 5) is 0. The lowest BCUT2D eigenvalue weighted by atomic mass is 10.00. The first-order valence-corrected chi connectivity index (χ1v) is 39.3. The molecule has 512 valence electrons. The van der Waals surface area contributed by atoms with Gasteiger partial charge in [-0.1, -0.05) is 243 Å². The molecule has 6 aromatic heterocycles. The van der Waals surface area contributed by atoms with Crippen LogP contribution in [-0.4, -0.2) is 18.3 Å². The third-order valence-electron chi connectivity index (χ3n) is 23.0. The average molecular weight is 1430 g/mol. The fraction of sp³-hybridized carbons (Fsp3) is 0. The van der Waals surface area contributed by atoms with Crippen molar-refractivity contribution in [2.75, 3.05) is 0 Å². The van der Waals surface area contributed by atoms with Gasteiger partial charge in [-0.05, 0) is 212 Å². The van der Waals surface area contributed by atoms with Gasteiger partial charge in [0.25, 0.3) is 0 Å². The fourth-order valence-electron chi connectivity index (χ4n) is 17.8. The molecule has 24 rings (SSSR count). The van der Waals surface area contributed by atoms with Gasteiger partial charge in [0.15, 0.2) is 0 Å². The van der Waals surface area contributed by atoms with Crippen molar-refractivity contribution in [2.24, 2.45) is 0 Å². The molecule has 0 radical (unpaired) electrons. The summed E-state index contributed by atoms with van der Waals surface area (Å²) in [5.41, 5.74) is 24.2. The SMILES string of the molecule is c1ccc(-c2ccc(-n3c4ccc(-c5ccc6c(c5)c5ccccc5n6-c5ccc6ccccc6c5)cc4c4cc5c(cc43)sc3ccccc35)cc2)cc1.c1ccc(-c2ccc(-n3c4ccc(-c5ccc6c(c5)c5ccccc5n6-c5ccc6ccccc6c5)cc4c4cc5sc6ccccc6c5cc43)cc2)cc1. The van der Waals surface area contributed by atoms with Crippen LogP contribution in [0, 0.1) is 0 Å². The lowest BCUT2D eigenvalue weighted by molar-refractivity contribution is 1.18. The quantitative estimate of drug-likeness (QED) is 0.144. The van der Waals surface area contributed by atoms with Gasteiger partial charge in [-0.15, -0.1) is 22.7 Å². The van der Waals surface area contributed by atoms with Crippen LogP contribution in [0.3, 0.4) is 0 Å². The largest absolute Gasteiger partial charge is 0.309 e. The van der Waals surface area contributed by atoms with Crippen molar-refractivity contribution in [3.05, 3.63) is 388 Å². The predicted octanol–water partition coefficient (Wildman–Crippen LogP) is 29.5. The highest BCUT2D eigenvalue weighted by Crippen LogP contribution is 2.47. The zero-order valence-corrected chi connectivity index (χ0v) is 61.2. The summed E-state index contributed by atoms with van der Waals surface area (Å²) in [6.45, 7) is 0. The normalized spacial score (nSPS) is 12.0. The van der Waals surface area contributed by atoms with Crippen LogP contribution in [0.25, 0.3) is 216 Å². The maximum atomic E-state index is 2.45. The van der Waals surface area contributed by atoms with Gasteiger partial charge in [0, 0.05) is 106 Å². The molecule has 0 bridgehead atoms. The van der Waals surface area contributed by atoms with Crippen LogP contribution < -0.4 is 0 Å². The molecule has 0 spiro atoms. The molecule has 0 aliphatic heterocycles. The van der Waals surface area contributed by atoms with E-state index in [2.05, 4.69) is 407 Å². The molecule has 110 heavy (non-hydrogen) atoms.